The summed E-state index contributed by atoms with van der Waals surface area (Å²) < 4.78 is 37.9. The van der Waals surface area contributed by atoms with Crippen LogP contribution in [0.3, 0.4) is 0 Å². The molecule has 0 aliphatic heterocycles. The second kappa shape index (κ2) is 6.50. The van der Waals surface area contributed by atoms with Gasteiger partial charge < -0.3 is 9.05 Å². The molecular weight excluding hydrogens is 350 g/mol. The van der Waals surface area contributed by atoms with Crippen LogP contribution in [0.4, 0.5) is 0 Å². The maximum atomic E-state index is 12.5. The Bertz CT molecular complexity index is 924. The van der Waals surface area contributed by atoms with Gasteiger partial charge in [-0.3, -0.25) is 0 Å². The van der Waals surface area contributed by atoms with Crippen molar-refractivity contribution in [3.05, 3.63) is 40.7 Å². The molecular formula is C15H17N3O4S2. The molecule has 0 bridgehead atoms. The molecule has 0 unspecified atom stereocenters. The van der Waals surface area contributed by atoms with Gasteiger partial charge in [0, 0.05) is 22.9 Å². The summed E-state index contributed by atoms with van der Waals surface area (Å²) in [5.74, 6) is 1.47. The second-order valence-electron chi connectivity index (χ2n) is 5.61. The van der Waals surface area contributed by atoms with Crippen molar-refractivity contribution in [1.82, 2.24) is 15.0 Å². The second-order valence-corrected chi connectivity index (χ2v) is 8.60. The molecule has 3 aromatic rings. The molecule has 0 aromatic carbocycles. The van der Waals surface area contributed by atoms with E-state index in [0.29, 0.717) is 21.2 Å². The van der Waals surface area contributed by atoms with Gasteiger partial charge in [0.15, 0.2) is 5.76 Å². The van der Waals surface area contributed by atoms with Gasteiger partial charge in [0.25, 0.3) is 0 Å². The zero-order chi connectivity index (χ0) is 17.3. The highest BCUT2D eigenvalue weighted by Gasteiger charge is 2.22. The Labute approximate surface area is 143 Å². The fourth-order valence-corrected chi connectivity index (χ4v) is 4.67. The van der Waals surface area contributed by atoms with Gasteiger partial charge in [-0.2, -0.15) is 0 Å². The molecule has 0 radical (unpaired) electrons. The third-order valence-corrected chi connectivity index (χ3v) is 6.15. The first kappa shape index (κ1) is 16.9. The minimum absolute atomic E-state index is 0.0749. The van der Waals surface area contributed by atoms with Crippen molar-refractivity contribution >= 4 is 21.4 Å². The van der Waals surface area contributed by atoms with Crippen molar-refractivity contribution < 1.29 is 17.5 Å². The number of aromatic nitrogens is 2. The number of nitrogens with one attached hydrogen (secondary N) is 1. The first-order chi connectivity index (χ1) is 11.4. The Balaban J connectivity index is 1.78. The maximum absolute atomic E-state index is 12.5. The van der Waals surface area contributed by atoms with E-state index in [1.54, 1.807) is 25.1 Å². The minimum Gasteiger partial charge on any atom is -0.361 e. The molecule has 1 N–H and O–H groups in total. The molecule has 0 saturated heterocycles. The average molecular weight is 367 g/mol. The number of rotatable bonds is 6. The number of thiophene rings is 1. The molecule has 0 atom stereocenters. The average Bonchev–Trinajstić information content (AvgIpc) is 3.25. The van der Waals surface area contributed by atoms with E-state index in [9.17, 15) is 8.42 Å². The molecule has 0 aliphatic carbocycles. The third-order valence-electron chi connectivity index (χ3n) is 3.43. The highest BCUT2D eigenvalue weighted by Crippen LogP contribution is 2.33. The van der Waals surface area contributed by atoms with Gasteiger partial charge in [0.05, 0.1) is 28.2 Å². The van der Waals surface area contributed by atoms with E-state index in [4.69, 9.17) is 9.05 Å². The first-order valence-corrected chi connectivity index (χ1v) is 9.63. The molecule has 7 nitrogen and oxygen atoms in total. The maximum Gasteiger partial charge on any atom is 0.242 e. The van der Waals surface area contributed by atoms with E-state index in [1.165, 1.54) is 17.5 Å². The zero-order valence-electron chi connectivity index (χ0n) is 13.4. The van der Waals surface area contributed by atoms with Gasteiger partial charge in [-0.05, 0) is 13.0 Å². The fourth-order valence-electron chi connectivity index (χ4n) is 2.13. The lowest BCUT2D eigenvalue weighted by Crippen LogP contribution is -2.23. The Morgan fingerprint density at radius 3 is 2.71 bits per heavy atom. The van der Waals surface area contributed by atoms with Crippen LogP contribution in [0.2, 0.25) is 0 Å². The Hall–Kier alpha value is -1.97. The fraction of sp³-hybridized carbons (Fsp3) is 0.333. The van der Waals surface area contributed by atoms with Crippen LogP contribution in [0.15, 0.2) is 38.3 Å². The summed E-state index contributed by atoms with van der Waals surface area (Å²) in [5.41, 5.74) is 0.547. The molecule has 3 rings (SSSR count). The number of aryl methyl sites for hydroxylation is 1. The van der Waals surface area contributed by atoms with Crippen LogP contribution in [-0.4, -0.2) is 18.7 Å². The lowest BCUT2D eigenvalue weighted by Gasteiger charge is -2.03. The standard InChI is InChI=1S/C15H17N3O4S2/c1-9(2)13-6-11(18-22-13)8-17-24(19,20)15-7-14(23-10(15)3)12-4-5-16-21-12/h4-7,9,17H,8H2,1-3H3. The molecule has 24 heavy (non-hydrogen) atoms. The van der Waals surface area contributed by atoms with E-state index in [2.05, 4.69) is 15.0 Å². The van der Waals surface area contributed by atoms with Crippen LogP contribution >= 0.6 is 11.3 Å². The van der Waals surface area contributed by atoms with E-state index in [1.807, 2.05) is 13.8 Å². The van der Waals surface area contributed by atoms with E-state index >= 15 is 0 Å². The Morgan fingerprint density at radius 1 is 1.29 bits per heavy atom. The normalized spacial score (nSPS) is 12.2. The predicted octanol–water partition coefficient (Wildman–Crippen LogP) is 3.30. The molecule has 0 amide bonds. The van der Waals surface area contributed by atoms with Crippen LogP contribution in [-0.2, 0) is 16.6 Å². The van der Waals surface area contributed by atoms with Gasteiger partial charge in [-0.15, -0.1) is 11.3 Å². The van der Waals surface area contributed by atoms with Crippen molar-refractivity contribution in [2.24, 2.45) is 0 Å². The Kier molecular flexibility index (Phi) is 4.57. The smallest absolute Gasteiger partial charge is 0.242 e. The highest BCUT2D eigenvalue weighted by molar-refractivity contribution is 7.89. The predicted molar refractivity (Wildman–Crippen MR) is 89.2 cm³/mol. The molecule has 3 heterocycles. The molecule has 3 aromatic heterocycles. The van der Waals surface area contributed by atoms with Crippen molar-refractivity contribution in [3.63, 3.8) is 0 Å². The van der Waals surface area contributed by atoms with Gasteiger partial charge in [-0.1, -0.05) is 24.2 Å². The number of sulfonamides is 1. The molecule has 0 fully saturated rings. The number of hydrogen-bond donors (Lipinski definition) is 1. The van der Waals surface area contributed by atoms with Gasteiger partial charge in [-0.25, -0.2) is 13.1 Å². The Morgan fingerprint density at radius 2 is 2.08 bits per heavy atom. The van der Waals surface area contributed by atoms with Crippen molar-refractivity contribution in [1.29, 1.82) is 0 Å². The van der Waals surface area contributed by atoms with Crippen molar-refractivity contribution in [3.8, 4) is 10.6 Å². The van der Waals surface area contributed by atoms with Gasteiger partial charge in [0.1, 0.15) is 5.76 Å². The monoisotopic (exact) mass is 367 g/mol. The van der Waals surface area contributed by atoms with Crippen LogP contribution in [0.25, 0.3) is 10.6 Å². The molecule has 128 valence electrons. The summed E-state index contributed by atoms with van der Waals surface area (Å²) >= 11 is 1.34. The summed E-state index contributed by atoms with van der Waals surface area (Å²) in [7, 11) is -3.65. The summed E-state index contributed by atoms with van der Waals surface area (Å²) in [6, 6.07) is 5.04. The van der Waals surface area contributed by atoms with E-state index < -0.39 is 10.0 Å². The molecule has 0 spiro atoms. The third kappa shape index (κ3) is 3.42. The number of hydrogen-bond acceptors (Lipinski definition) is 7. The van der Waals surface area contributed by atoms with E-state index in [-0.39, 0.29) is 17.4 Å². The van der Waals surface area contributed by atoms with E-state index in [0.717, 1.165) is 5.76 Å². The lowest BCUT2D eigenvalue weighted by atomic mass is 10.1. The lowest BCUT2D eigenvalue weighted by molar-refractivity contribution is 0.365. The SMILES string of the molecule is Cc1sc(-c2ccno2)cc1S(=O)(=O)NCc1cc(C(C)C)on1. The van der Waals surface area contributed by atoms with Gasteiger partial charge >= 0.3 is 0 Å². The quantitative estimate of drug-likeness (QED) is 0.718. The molecule has 0 saturated carbocycles. The molecule has 0 aliphatic rings. The zero-order valence-corrected chi connectivity index (χ0v) is 15.1. The minimum atomic E-state index is -3.65. The van der Waals surface area contributed by atoms with Crippen LogP contribution in [0.1, 0.15) is 36.1 Å². The topological polar surface area (TPSA) is 98.2 Å². The van der Waals surface area contributed by atoms with Crippen LogP contribution < -0.4 is 4.72 Å². The molecule has 9 heteroatoms. The summed E-state index contributed by atoms with van der Waals surface area (Å²) in [5, 5.41) is 7.52. The first-order valence-electron chi connectivity index (χ1n) is 7.33. The van der Waals surface area contributed by atoms with Crippen molar-refractivity contribution in [2.75, 3.05) is 0 Å². The van der Waals surface area contributed by atoms with Crippen LogP contribution in [0, 0.1) is 6.92 Å². The van der Waals surface area contributed by atoms with Crippen LogP contribution in [0.5, 0.6) is 0 Å². The van der Waals surface area contributed by atoms with Gasteiger partial charge in [0.2, 0.25) is 10.0 Å². The summed E-state index contributed by atoms with van der Waals surface area (Å²) in [6.07, 6.45) is 1.52. The van der Waals surface area contributed by atoms with Crippen molar-refractivity contribution in [2.45, 2.75) is 38.1 Å². The summed E-state index contributed by atoms with van der Waals surface area (Å²) in [4.78, 5) is 1.62. The largest absolute Gasteiger partial charge is 0.361 e. The summed E-state index contributed by atoms with van der Waals surface area (Å²) in [6.45, 7) is 5.79. The number of nitrogens with zero attached hydrogens (tertiary/aromatic N) is 2. The highest BCUT2D eigenvalue weighted by atomic mass is 32.2.